The number of alkyl carbamates (subject to hydrolysis) is 1. The van der Waals surface area contributed by atoms with Gasteiger partial charge in [-0.25, -0.2) is 9.59 Å². The van der Waals surface area contributed by atoms with Crippen molar-refractivity contribution < 1.29 is 19.1 Å². The van der Waals surface area contributed by atoms with Crippen molar-refractivity contribution in [1.82, 2.24) is 5.32 Å². The summed E-state index contributed by atoms with van der Waals surface area (Å²) in [5.74, 6) is -0.399. The van der Waals surface area contributed by atoms with Crippen LogP contribution in [0, 0.1) is 0 Å². The maximum Gasteiger partial charge on any atom is 0.408 e. The Labute approximate surface area is 141 Å². The Hall–Kier alpha value is -0.780. The lowest BCUT2D eigenvalue weighted by Crippen LogP contribution is -2.42. The molecule has 0 radical (unpaired) electrons. The third-order valence-corrected chi connectivity index (χ3v) is 4.54. The van der Waals surface area contributed by atoms with Gasteiger partial charge in [0.1, 0.15) is 12.1 Å². The molecule has 128 valence electrons. The first-order valence-electron chi connectivity index (χ1n) is 8.28. The van der Waals surface area contributed by atoms with Crippen LogP contribution in [0.15, 0.2) is 0 Å². The summed E-state index contributed by atoms with van der Waals surface area (Å²) in [6, 6.07) is -0.602. The molecule has 1 amide bonds. The second kappa shape index (κ2) is 11.7. The lowest BCUT2D eigenvalue weighted by Gasteiger charge is -2.18. The molecule has 0 aliphatic heterocycles. The van der Waals surface area contributed by atoms with E-state index in [1.807, 2.05) is 0 Å². The van der Waals surface area contributed by atoms with Gasteiger partial charge in [-0.2, -0.15) is 0 Å². The summed E-state index contributed by atoms with van der Waals surface area (Å²) in [4.78, 5) is 23.6. The number of hydrogen-bond acceptors (Lipinski definition) is 4. The average molecular weight is 378 g/mol. The zero-order chi connectivity index (χ0) is 16.2. The number of amides is 1. The lowest BCUT2D eigenvalue weighted by atomic mass is 10.1. The minimum atomic E-state index is -0.602. The molecule has 0 bridgehead atoms. The van der Waals surface area contributed by atoms with Crippen LogP contribution in [0.25, 0.3) is 0 Å². The molecule has 0 saturated heterocycles. The predicted octanol–water partition coefficient (Wildman–Crippen LogP) is 3.93. The Morgan fingerprint density at radius 3 is 2.41 bits per heavy atom. The SMILES string of the molecule is COC(=O)C(CCCCCCCBr)NC(=O)OC1CCCC1. The zero-order valence-corrected chi connectivity index (χ0v) is 15.0. The van der Waals surface area contributed by atoms with Crippen LogP contribution in [-0.4, -0.2) is 36.6 Å². The summed E-state index contributed by atoms with van der Waals surface area (Å²) in [7, 11) is 1.34. The number of methoxy groups -OCH3 is 1. The van der Waals surface area contributed by atoms with Crippen LogP contribution in [-0.2, 0) is 14.3 Å². The van der Waals surface area contributed by atoms with E-state index < -0.39 is 18.1 Å². The smallest absolute Gasteiger partial charge is 0.408 e. The molecule has 0 aromatic carbocycles. The Kier molecular flexibility index (Phi) is 10.3. The average Bonchev–Trinajstić information content (AvgIpc) is 3.01. The van der Waals surface area contributed by atoms with E-state index in [-0.39, 0.29) is 6.10 Å². The van der Waals surface area contributed by atoms with Crippen LogP contribution in [0.2, 0.25) is 0 Å². The number of halogens is 1. The Morgan fingerprint density at radius 1 is 1.14 bits per heavy atom. The molecular weight excluding hydrogens is 350 g/mol. The van der Waals surface area contributed by atoms with Crippen molar-refractivity contribution in [2.75, 3.05) is 12.4 Å². The molecular formula is C16H28BrNO4. The van der Waals surface area contributed by atoms with Gasteiger partial charge in [0.05, 0.1) is 7.11 Å². The summed E-state index contributed by atoms with van der Waals surface area (Å²) in [6.45, 7) is 0. The Balaban J connectivity index is 2.26. The van der Waals surface area contributed by atoms with E-state index in [9.17, 15) is 9.59 Å². The van der Waals surface area contributed by atoms with Crippen LogP contribution in [0.3, 0.4) is 0 Å². The number of nitrogens with one attached hydrogen (secondary N) is 1. The van der Waals surface area contributed by atoms with Crippen molar-refractivity contribution in [3.63, 3.8) is 0 Å². The largest absolute Gasteiger partial charge is 0.467 e. The standard InChI is InChI=1S/C16H28BrNO4/c1-21-15(19)14(11-5-3-2-4-8-12-17)18-16(20)22-13-9-6-7-10-13/h13-14H,2-12H2,1H3,(H,18,20). The van der Waals surface area contributed by atoms with E-state index >= 15 is 0 Å². The van der Waals surface area contributed by atoms with Crippen molar-refractivity contribution >= 4 is 28.0 Å². The fraction of sp³-hybridized carbons (Fsp3) is 0.875. The summed E-state index contributed by atoms with van der Waals surface area (Å²) >= 11 is 3.41. The van der Waals surface area contributed by atoms with E-state index in [4.69, 9.17) is 9.47 Å². The number of alkyl halides is 1. The van der Waals surface area contributed by atoms with Crippen molar-refractivity contribution in [3.05, 3.63) is 0 Å². The summed E-state index contributed by atoms with van der Waals surface area (Å²) < 4.78 is 10.1. The highest BCUT2D eigenvalue weighted by Gasteiger charge is 2.24. The van der Waals surface area contributed by atoms with Crippen LogP contribution in [0.5, 0.6) is 0 Å². The summed E-state index contributed by atoms with van der Waals surface area (Å²) in [6.07, 6.45) is 9.60. The van der Waals surface area contributed by atoms with Gasteiger partial charge in [-0.15, -0.1) is 0 Å². The first kappa shape index (κ1) is 19.3. The lowest BCUT2D eigenvalue weighted by molar-refractivity contribution is -0.143. The molecule has 6 heteroatoms. The topological polar surface area (TPSA) is 64.6 Å². The molecule has 1 atom stereocenters. The second-order valence-electron chi connectivity index (χ2n) is 5.78. The summed E-state index contributed by atoms with van der Waals surface area (Å²) in [5, 5.41) is 3.69. The van der Waals surface area contributed by atoms with E-state index in [1.54, 1.807) is 0 Å². The molecule has 1 fully saturated rings. The molecule has 0 aromatic rings. The predicted molar refractivity (Wildman–Crippen MR) is 89.2 cm³/mol. The highest BCUT2D eigenvalue weighted by atomic mass is 79.9. The number of carbonyl (C=O) groups excluding carboxylic acids is 2. The van der Waals surface area contributed by atoms with Crippen LogP contribution in [0.4, 0.5) is 4.79 Å². The van der Waals surface area contributed by atoms with Gasteiger partial charge in [-0.3, -0.25) is 0 Å². The molecule has 0 spiro atoms. The van der Waals surface area contributed by atoms with Gasteiger partial charge in [0, 0.05) is 5.33 Å². The molecule has 1 N–H and O–H groups in total. The molecule has 0 heterocycles. The van der Waals surface area contributed by atoms with Gasteiger partial charge >= 0.3 is 12.1 Å². The fourth-order valence-corrected chi connectivity index (χ4v) is 3.09. The van der Waals surface area contributed by atoms with Gasteiger partial charge < -0.3 is 14.8 Å². The maximum absolute atomic E-state index is 11.9. The molecule has 22 heavy (non-hydrogen) atoms. The molecule has 0 aromatic heterocycles. The summed E-state index contributed by atoms with van der Waals surface area (Å²) in [5.41, 5.74) is 0. The van der Waals surface area contributed by atoms with Gasteiger partial charge in [-0.05, 0) is 38.5 Å². The number of esters is 1. The van der Waals surface area contributed by atoms with E-state index in [2.05, 4.69) is 21.2 Å². The van der Waals surface area contributed by atoms with Crippen LogP contribution >= 0.6 is 15.9 Å². The molecule has 1 unspecified atom stereocenters. The number of ether oxygens (including phenoxy) is 2. The monoisotopic (exact) mass is 377 g/mol. The van der Waals surface area contributed by atoms with Crippen LogP contribution < -0.4 is 5.32 Å². The second-order valence-corrected chi connectivity index (χ2v) is 6.57. The first-order chi connectivity index (χ1) is 10.7. The number of hydrogen-bond donors (Lipinski definition) is 1. The number of unbranched alkanes of at least 4 members (excludes halogenated alkanes) is 4. The third kappa shape index (κ3) is 8.01. The minimum Gasteiger partial charge on any atom is -0.467 e. The van der Waals surface area contributed by atoms with Crippen molar-refractivity contribution in [3.8, 4) is 0 Å². The highest BCUT2D eigenvalue weighted by Crippen LogP contribution is 2.21. The molecule has 1 rings (SSSR count). The highest BCUT2D eigenvalue weighted by molar-refractivity contribution is 9.09. The number of carbonyl (C=O) groups is 2. The fourth-order valence-electron chi connectivity index (χ4n) is 2.70. The molecule has 1 aliphatic rings. The van der Waals surface area contributed by atoms with Crippen molar-refractivity contribution in [1.29, 1.82) is 0 Å². The van der Waals surface area contributed by atoms with E-state index in [1.165, 1.54) is 20.0 Å². The van der Waals surface area contributed by atoms with E-state index in [0.717, 1.165) is 50.3 Å². The minimum absolute atomic E-state index is 0.00236. The maximum atomic E-state index is 11.9. The van der Waals surface area contributed by atoms with Crippen LogP contribution in [0.1, 0.15) is 64.2 Å². The molecule has 5 nitrogen and oxygen atoms in total. The molecule has 1 aliphatic carbocycles. The molecule has 1 saturated carbocycles. The Morgan fingerprint density at radius 2 is 1.77 bits per heavy atom. The Bertz CT molecular complexity index is 332. The van der Waals surface area contributed by atoms with E-state index in [0.29, 0.717) is 6.42 Å². The van der Waals surface area contributed by atoms with Crippen molar-refractivity contribution in [2.45, 2.75) is 76.4 Å². The third-order valence-electron chi connectivity index (χ3n) is 3.98. The number of rotatable bonds is 10. The zero-order valence-electron chi connectivity index (χ0n) is 13.4. The van der Waals surface area contributed by atoms with Gasteiger partial charge in [0.25, 0.3) is 0 Å². The van der Waals surface area contributed by atoms with Gasteiger partial charge in [0.15, 0.2) is 0 Å². The van der Waals surface area contributed by atoms with Crippen molar-refractivity contribution in [2.24, 2.45) is 0 Å². The van der Waals surface area contributed by atoms with Gasteiger partial charge in [-0.1, -0.05) is 41.6 Å². The first-order valence-corrected chi connectivity index (χ1v) is 9.40. The normalized spacial score (nSPS) is 16.3. The quantitative estimate of drug-likeness (QED) is 0.355. The van der Waals surface area contributed by atoms with Gasteiger partial charge in [0.2, 0.25) is 0 Å².